The Kier molecular flexibility index (Phi) is 3.84. The molecule has 0 heterocycles. The number of benzene rings is 1. The second-order valence-electron chi connectivity index (χ2n) is 3.05. The molecule has 0 fully saturated rings. The highest BCUT2D eigenvalue weighted by molar-refractivity contribution is 5.36. The van der Waals surface area contributed by atoms with E-state index in [0.717, 1.165) is 18.6 Å². The molecule has 0 aromatic heterocycles. The Labute approximate surface area is 80.7 Å². The van der Waals surface area contributed by atoms with Crippen LogP contribution in [0.4, 0.5) is 0 Å². The molecule has 0 atom stereocenters. The molecule has 72 valence electrons. The summed E-state index contributed by atoms with van der Waals surface area (Å²) in [6.45, 7) is 9.63. The van der Waals surface area contributed by atoms with Gasteiger partial charge >= 0.3 is 0 Å². The smallest absolute Gasteiger partial charge is 0.0428 e. The highest BCUT2D eigenvalue weighted by Crippen LogP contribution is 2.15. The molecule has 1 nitrogen and oxygen atoms in total. The van der Waals surface area contributed by atoms with Gasteiger partial charge in [0.25, 0.3) is 0 Å². The van der Waals surface area contributed by atoms with Gasteiger partial charge < -0.3 is 4.74 Å². The highest BCUT2D eigenvalue weighted by atomic mass is 16.5. The molecule has 0 aliphatic heterocycles. The SMILES string of the molecule is [CH2-]c1cccc(CC)c1COCC. The lowest BCUT2D eigenvalue weighted by Gasteiger charge is -2.17. The van der Waals surface area contributed by atoms with Crippen LogP contribution < -0.4 is 0 Å². The van der Waals surface area contributed by atoms with Gasteiger partial charge in [-0.2, -0.15) is 18.6 Å². The Morgan fingerprint density at radius 3 is 2.69 bits per heavy atom. The normalized spacial score (nSPS) is 10.3. The fourth-order valence-corrected chi connectivity index (χ4v) is 1.41. The van der Waals surface area contributed by atoms with Gasteiger partial charge in [-0.25, -0.2) is 0 Å². The Morgan fingerprint density at radius 1 is 1.31 bits per heavy atom. The number of ether oxygens (including phenoxy) is 1. The number of hydrogen-bond acceptors (Lipinski definition) is 1. The molecule has 0 amide bonds. The third-order valence-electron chi connectivity index (χ3n) is 2.20. The van der Waals surface area contributed by atoms with Crippen molar-refractivity contribution in [1.82, 2.24) is 0 Å². The van der Waals surface area contributed by atoms with Gasteiger partial charge in [0, 0.05) is 13.2 Å². The van der Waals surface area contributed by atoms with Crippen molar-refractivity contribution in [2.75, 3.05) is 6.61 Å². The third kappa shape index (κ3) is 2.49. The van der Waals surface area contributed by atoms with Crippen LogP contribution in [0.5, 0.6) is 0 Å². The third-order valence-corrected chi connectivity index (χ3v) is 2.20. The maximum atomic E-state index is 5.40. The van der Waals surface area contributed by atoms with Crippen molar-refractivity contribution in [3.8, 4) is 0 Å². The van der Waals surface area contributed by atoms with Crippen molar-refractivity contribution in [2.24, 2.45) is 0 Å². The summed E-state index contributed by atoms with van der Waals surface area (Å²) in [6.07, 6.45) is 1.05. The molecule has 0 aliphatic rings. The van der Waals surface area contributed by atoms with Crippen molar-refractivity contribution < 1.29 is 4.74 Å². The first-order valence-electron chi connectivity index (χ1n) is 4.80. The molecule has 0 N–H and O–H groups in total. The zero-order valence-corrected chi connectivity index (χ0v) is 8.47. The maximum Gasteiger partial charge on any atom is 0.0428 e. The summed E-state index contributed by atoms with van der Waals surface area (Å²) < 4.78 is 5.40. The number of aryl methyl sites for hydroxylation is 1. The van der Waals surface area contributed by atoms with E-state index in [2.05, 4.69) is 26.0 Å². The van der Waals surface area contributed by atoms with E-state index in [0.29, 0.717) is 6.61 Å². The van der Waals surface area contributed by atoms with Gasteiger partial charge in [-0.3, -0.25) is 0 Å². The quantitative estimate of drug-likeness (QED) is 0.642. The molecule has 1 aromatic rings. The van der Waals surface area contributed by atoms with Crippen molar-refractivity contribution in [2.45, 2.75) is 26.9 Å². The monoisotopic (exact) mass is 177 g/mol. The molecule has 1 rings (SSSR count). The van der Waals surface area contributed by atoms with Gasteiger partial charge in [0.15, 0.2) is 0 Å². The zero-order chi connectivity index (χ0) is 9.68. The highest BCUT2D eigenvalue weighted by Gasteiger charge is 1.95. The summed E-state index contributed by atoms with van der Waals surface area (Å²) in [6, 6.07) is 6.23. The fourth-order valence-electron chi connectivity index (χ4n) is 1.41. The second-order valence-corrected chi connectivity index (χ2v) is 3.05. The van der Waals surface area contributed by atoms with Gasteiger partial charge in [0.1, 0.15) is 0 Å². The summed E-state index contributed by atoms with van der Waals surface area (Å²) in [4.78, 5) is 0. The van der Waals surface area contributed by atoms with Gasteiger partial charge in [-0.1, -0.05) is 18.6 Å². The van der Waals surface area contributed by atoms with Crippen molar-refractivity contribution >= 4 is 0 Å². The first kappa shape index (κ1) is 10.1. The van der Waals surface area contributed by atoms with E-state index in [1.807, 2.05) is 13.0 Å². The largest absolute Gasteiger partial charge is 0.389 e. The molecule has 0 spiro atoms. The van der Waals surface area contributed by atoms with E-state index in [4.69, 9.17) is 4.74 Å². The first-order valence-corrected chi connectivity index (χ1v) is 4.80. The fraction of sp³-hybridized carbons (Fsp3) is 0.417. The molecule has 0 bridgehead atoms. The predicted molar refractivity (Wildman–Crippen MR) is 55.6 cm³/mol. The Balaban J connectivity index is 2.87. The van der Waals surface area contributed by atoms with E-state index in [-0.39, 0.29) is 0 Å². The summed E-state index contributed by atoms with van der Waals surface area (Å²) in [5.74, 6) is 0. The molecular formula is C12H17O-. The minimum Gasteiger partial charge on any atom is -0.389 e. The van der Waals surface area contributed by atoms with E-state index in [9.17, 15) is 0 Å². The standard InChI is InChI=1S/C12H17O/c1-4-11-8-6-7-10(3)12(11)9-13-5-2/h6-8H,3-5,9H2,1-2H3/q-1. The lowest BCUT2D eigenvalue weighted by molar-refractivity contribution is 0.133. The molecule has 0 aliphatic carbocycles. The summed E-state index contributed by atoms with van der Waals surface area (Å²) in [5.41, 5.74) is 3.70. The number of rotatable bonds is 4. The van der Waals surface area contributed by atoms with Crippen molar-refractivity contribution in [3.05, 3.63) is 41.8 Å². The second kappa shape index (κ2) is 4.93. The molecular weight excluding hydrogens is 160 g/mol. The predicted octanol–water partition coefficient (Wildman–Crippen LogP) is 2.97. The van der Waals surface area contributed by atoms with E-state index in [1.165, 1.54) is 11.1 Å². The van der Waals surface area contributed by atoms with Crippen molar-refractivity contribution in [3.63, 3.8) is 0 Å². The lowest BCUT2D eigenvalue weighted by Crippen LogP contribution is -1.99. The average Bonchev–Trinajstić information content (AvgIpc) is 2.15. The van der Waals surface area contributed by atoms with Crippen LogP contribution in [0.15, 0.2) is 18.2 Å². The first-order chi connectivity index (χ1) is 6.29. The van der Waals surface area contributed by atoms with Crippen LogP contribution in [0, 0.1) is 6.92 Å². The van der Waals surface area contributed by atoms with Gasteiger partial charge in [0.2, 0.25) is 0 Å². The van der Waals surface area contributed by atoms with E-state index >= 15 is 0 Å². The summed E-state index contributed by atoms with van der Waals surface area (Å²) in [5, 5.41) is 0. The maximum absolute atomic E-state index is 5.40. The summed E-state index contributed by atoms with van der Waals surface area (Å²) in [7, 11) is 0. The average molecular weight is 177 g/mol. The van der Waals surface area contributed by atoms with Crippen LogP contribution >= 0.6 is 0 Å². The molecule has 1 aromatic carbocycles. The van der Waals surface area contributed by atoms with Gasteiger partial charge in [-0.15, -0.1) is 11.6 Å². The topological polar surface area (TPSA) is 9.23 Å². The Morgan fingerprint density at radius 2 is 2.08 bits per heavy atom. The lowest BCUT2D eigenvalue weighted by atomic mass is 10.0. The molecule has 1 heteroatoms. The molecule has 0 saturated carbocycles. The van der Waals surface area contributed by atoms with Gasteiger partial charge in [0.05, 0.1) is 0 Å². The summed E-state index contributed by atoms with van der Waals surface area (Å²) >= 11 is 0. The van der Waals surface area contributed by atoms with Crippen LogP contribution in [0.3, 0.4) is 0 Å². The van der Waals surface area contributed by atoms with Crippen LogP contribution in [0.25, 0.3) is 0 Å². The van der Waals surface area contributed by atoms with Crippen LogP contribution in [-0.4, -0.2) is 6.61 Å². The minimum atomic E-state index is 0.694. The van der Waals surface area contributed by atoms with Crippen LogP contribution in [0.2, 0.25) is 0 Å². The number of hydrogen-bond donors (Lipinski definition) is 0. The molecule has 0 radical (unpaired) electrons. The Hall–Kier alpha value is -0.950. The van der Waals surface area contributed by atoms with E-state index in [1.54, 1.807) is 0 Å². The molecule has 0 saturated heterocycles. The van der Waals surface area contributed by atoms with Crippen LogP contribution in [0.1, 0.15) is 30.5 Å². The van der Waals surface area contributed by atoms with Crippen molar-refractivity contribution in [1.29, 1.82) is 0 Å². The van der Waals surface area contributed by atoms with Crippen LogP contribution in [-0.2, 0) is 17.8 Å². The Bertz CT molecular complexity index is 266. The molecule has 13 heavy (non-hydrogen) atoms. The minimum absolute atomic E-state index is 0.694. The van der Waals surface area contributed by atoms with Gasteiger partial charge in [-0.05, 0) is 13.3 Å². The zero-order valence-electron chi connectivity index (χ0n) is 8.47. The molecule has 0 unspecified atom stereocenters. The van der Waals surface area contributed by atoms with E-state index < -0.39 is 0 Å².